The molecule has 16 heavy (non-hydrogen) atoms. The summed E-state index contributed by atoms with van der Waals surface area (Å²) >= 11 is 6.00. The molecule has 0 saturated carbocycles. The van der Waals surface area contributed by atoms with Gasteiger partial charge in [-0.05, 0) is 6.07 Å². The molecule has 78 valence electrons. The van der Waals surface area contributed by atoms with E-state index in [0.717, 1.165) is 16.6 Å². The SMILES string of the molecule is C=C(Cl)c1cccc2c1[nH]c1ccccc12. The normalized spacial score (nSPS) is 11.1. The van der Waals surface area contributed by atoms with Gasteiger partial charge in [-0.2, -0.15) is 0 Å². The molecule has 2 aromatic carbocycles. The number of hydrogen-bond donors (Lipinski definition) is 1. The summed E-state index contributed by atoms with van der Waals surface area (Å²) in [5, 5.41) is 2.98. The molecule has 0 spiro atoms. The number of benzene rings is 2. The fourth-order valence-corrected chi connectivity index (χ4v) is 2.26. The first kappa shape index (κ1) is 9.49. The van der Waals surface area contributed by atoms with E-state index in [1.54, 1.807) is 0 Å². The van der Waals surface area contributed by atoms with Crippen LogP contribution in [0.15, 0.2) is 49.0 Å². The number of hydrogen-bond acceptors (Lipinski definition) is 0. The number of aromatic amines is 1. The highest BCUT2D eigenvalue weighted by Crippen LogP contribution is 2.31. The molecule has 0 atom stereocenters. The van der Waals surface area contributed by atoms with Crippen LogP contribution in [0.4, 0.5) is 0 Å². The minimum absolute atomic E-state index is 0.567. The molecule has 0 aliphatic heterocycles. The molecule has 0 aliphatic carbocycles. The Morgan fingerprint density at radius 2 is 1.75 bits per heavy atom. The fourth-order valence-electron chi connectivity index (χ4n) is 2.10. The summed E-state index contributed by atoms with van der Waals surface area (Å²) in [6.07, 6.45) is 0. The molecule has 1 N–H and O–H groups in total. The summed E-state index contributed by atoms with van der Waals surface area (Å²) in [6, 6.07) is 14.3. The molecule has 0 fully saturated rings. The quantitative estimate of drug-likeness (QED) is 0.629. The number of rotatable bonds is 1. The maximum atomic E-state index is 6.00. The third-order valence-corrected chi connectivity index (χ3v) is 3.04. The van der Waals surface area contributed by atoms with Gasteiger partial charge in [-0.1, -0.05) is 54.6 Å². The molecule has 0 aliphatic rings. The lowest BCUT2D eigenvalue weighted by molar-refractivity contribution is 1.53. The van der Waals surface area contributed by atoms with Gasteiger partial charge < -0.3 is 4.98 Å². The zero-order valence-corrected chi connectivity index (χ0v) is 9.38. The lowest BCUT2D eigenvalue weighted by Gasteiger charge is -1.99. The lowest BCUT2D eigenvalue weighted by Crippen LogP contribution is -1.78. The Morgan fingerprint density at radius 1 is 1.00 bits per heavy atom. The summed E-state index contributed by atoms with van der Waals surface area (Å²) in [5.41, 5.74) is 3.15. The van der Waals surface area contributed by atoms with Crippen molar-refractivity contribution in [3.05, 3.63) is 54.6 Å². The predicted molar refractivity (Wildman–Crippen MR) is 70.7 cm³/mol. The zero-order chi connectivity index (χ0) is 11.1. The van der Waals surface area contributed by atoms with E-state index >= 15 is 0 Å². The van der Waals surface area contributed by atoms with Gasteiger partial charge in [-0.15, -0.1) is 0 Å². The topological polar surface area (TPSA) is 15.8 Å². The molecular formula is C14H10ClN. The van der Waals surface area contributed by atoms with Crippen LogP contribution in [0.5, 0.6) is 0 Å². The molecule has 1 heterocycles. The van der Waals surface area contributed by atoms with Gasteiger partial charge in [0.05, 0.1) is 5.52 Å². The van der Waals surface area contributed by atoms with E-state index in [0.29, 0.717) is 5.03 Å². The first-order chi connectivity index (χ1) is 7.77. The van der Waals surface area contributed by atoms with Crippen LogP contribution in [-0.2, 0) is 0 Å². The first-order valence-electron chi connectivity index (χ1n) is 5.11. The Bertz CT molecular complexity index is 694. The molecule has 0 saturated heterocycles. The number of para-hydroxylation sites is 2. The average Bonchev–Trinajstić information content (AvgIpc) is 2.67. The smallest absolute Gasteiger partial charge is 0.0553 e. The number of aromatic nitrogens is 1. The Morgan fingerprint density at radius 3 is 2.56 bits per heavy atom. The summed E-state index contributed by atoms with van der Waals surface area (Å²) in [7, 11) is 0. The Hall–Kier alpha value is -1.73. The molecule has 2 heteroatoms. The van der Waals surface area contributed by atoms with E-state index in [9.17, 15) is 0 Å². The molecule has 3 rings (SSSR count). The van der Waals surface area contributed by atoms with Crippen molar-refractivity contribution in [1.29, 1.82) is 0 Å². The summed E-state index contributed by atoms with van der Waals surface area (Å²) < 4.78 is 0. The second kappa shape index (κ2) is 3.39. The highest BCUT2D eigenvalue weighted by atomic mass is 35.5. The summed E-state index contributed by atoms with van der Waals surface area (Å²) in [5.74, 6) is 0. The van der Waals surface area contributed by atoms with Crippen LogP contribution in [0, 0.1) is 0 Å². The minimum atomic E-state index is 0.567. The van der Waals surface area contributed by atoms with E-state index in [-0.39, 0.29) is 0 Å². The van der Waals surface area contributed by atoms with E-state index < -0.39 is 0 Å². The number of nitrogens with one attached hydrogen (secondary N) is 1. The molecule has 1 nitrogen and oxygen atoms in total. The van der Waals surface area contributed by atoms with Gasteiger partial charge >= 0.3 is 0 Å². The molecule has 0 amide bonds. The van der Waals surface area contributed by atoms with Crippen LogP contribution in [0.25, 0.3) is 26.8 Å². The van der Waals surface area contributed by atoms with Crippen molar-refractivity contribution in [2.75, 3.05) is 0 Å². The van der Waals surface area contributed by atoms with Crippen molar-refractivity contribution in [2.24, 2.45) is 0 Å². The lowest BCUT2D eigenvalue weighted by atomic mass is 10.1. The van der Waals surface area contributed by atoms with Gasteiger partial charge in [0.2, 0.25) is 0 Å². The van der Waals surface area contributed by atoms with Gasteiger partial charge in [-0.3, -0.25) is 0 Å². The van der Waals surface area contributed by atoms with E-state index in [1.807, 2.05) is 24.3 Å². The van der Waals surface area contributed by atoms with Gasteiger partial charge in [0.15, 0.2) is 0 Å². The first-order valence-corrected chi connectivity index (χ1v) is 5.49. The van der Waals surface area contributed by atoms with Crippen LogP contribution in [-0.4, -0.2) is 4.98 Å². The highest BCUT2D eigenvalue weighted by molar-refractivity contribution is 6.49. The summed E-state index contributed by atoms with van der Waals surface area (Å²) in [6.45, 7) is 3.79. The highest BCUT2D eigenvalue weighted by Gasteiger charge is 2.07. The van der Waals surface area contributed by atoms with Crippen LogP contribution in [0.1, 0.15) is 5.56 Å². The summed E-state index contributed by atoms with van der Waals surface area (Å²) in [4.78, 5) is 3.38. The van der Waals surface area contributed by atoms with Gasteiger partial charge in [-0.25, -0.2) is 0 Å². The monoisotopic (exact) mass is 227 g/mol. The van der Waals surface area contributed by atoms with E-state index in [2.05, 4.69) is 29.8 Å². The number of H-pyrrole nitrogens is 1. The standard InChI is InChI=1S/C14H10ClN/c1-9(15)10-6-4-7-12-11-5-2-3-8-13(11)16-14(10)12/h2-8,16H,1H2. The second-order valence-electron chi connectivity index (χ2n) is 3.80. The van der Waals surface area contributed by atoms with Crippen LogP contribution < -0.4 is 0 Å². The maximum absolute atomic E-state index is 6.00. The molecule has 0 bridgehead atoms. The van der Waals surface area contributed by atoms with Crippen molar-refractivity contribution in [3.63, 3.8) is 0 Å². The van der Waals surface area contributed by atoms with Crippen molar-refractivity contribution in [3.8, 4) is 0 Å². The number of halogens is 1. The third-order valence-electron chi connectivity index (χ3n) is 2.83. The Balaban J connectivity index is 2.54. The Kier molecular flexibility index (Phi) is 2.01. The van der Waals surface area contributed by atoms with Crippen LogP contribution in [0.3, 0.4) is 0 Å². The molecule has 1 aromatic heterocycles. The van der Waals surface area contributed by atoms with Crippen molar-refractivity contribution in [2.45, 2.75) is 0 Å². The molecule has 0 radical (unpaired) electrons. The van der Waals surface area contributed by atoms with Crippen LogP contribution >= 0.6 is 11.6 Å². The zero-order valence-electron chi connectivity index (χ0n) is 8.63. The third kappa shape index (κ3) is 1.25. The van der Waals surface area contributed by atoms with Crippen molar-refractivity contribution >= 4 is 38.4 Å². The van der Waals surface area contributed by atoms with E-state index in [1.165, 1.54) is 10.8 Å². The largest absolute Gasteiger partial charge is 0.354 e. The minimum Gasteiger partial charge on any atom is -0.354 e. The second-order valence-corrected chi connectivity index (χ2v) is 4.26. The predicted octanol–water partition coefficient (Wildman–Crippen LogP) is 4.53. The molecule has 0 unspecified atom stereocenters. The van der Waals surface area contributed by atoms with Gasteiger partial charge in [0.1, 0.15) is 0 Å². The fraction of sp³-hybridized carbons (Fsp3) is 0. The molecular weight excluding hydrogens is 218 g/mol. The molecule has 3 aromatic rings. The van der Waals surface area contributed by atoms with Crippen molar-refractivity contribution in [1.82, 2.24) is 4.98 Å². The Labute approximate surface area is 98.3 Å². The number of fused-ring (bicyclic) bond motifs is 3. The maximum Gasteiger partial charge on any atom is 0.0553 e. The van der Waals surface area contributed by atoms with Gasteiger partial charge in [0.25, 0.3) is 0 Å². The van der Waals surface area contributed by atoms with E-state index in [4.69, 9.17) is 11.6 Å². The van der Waals surface area contributed by atoms with Crippen LogP contribution in [0.2, 0.25) is 0 Å². The van der Waals surface area contributed by atoms with Crippen molar-refractivity contribution < 1.29 is 0 Å². The van der Waals surface area contributed by atoms with Gasteiger partial charge in [0, 0.05) is 26.9 Å². The average molecular weight is 228 g/mol.